The minimum Gasteiger partial charge on any atom is -0.504 e. The molecule has 0 saturated carbocycles. The molecular weight excluding hydrogens is 146 g/mol. The summed E-state index contributed by atoms with van der Waals surface area (Å²) in [4.78, 5) is 4.29. The number of hydrogen-bond donors (Lipinski definition) is 2. The Morgan fingerprint density at radius 3 is 2.27 bits per heavy atom. The van der Waals surface area contributed by atoms with E-state index in [0.717, 1.165) is 7.11 Å². The van der Waals surface area contributed by atoms with Crippen molar-refractivity contribution in [3.05, 3.63) is 24.3 Å². The number of benzene rings is 1. The van der Waals surface area contributed by atoms with Gasteiger partial charge in [0.25, 0.3) is 0 Å². The lowest BCUT2D eigenvalue weighted by Gasteiger charge is -1.98. The summed E-state index contributed by atoms with van der Waals surface area (Å²) in [5.74, 6) is 5.14. The smallest absolute Gasteiger partial charge is 0.188 e. The van der Waals surface area contributed by atoms with E-state index >= 15 is 0 Å². The summed E-state index contributed by atoms with van der Waals surface area (Å²) >= 11 is 0. The topological polar surface area (TPSA) is 75.4 Å². The van der Waals surface area contributed by atoms with Gasteiger partial charge in [-0.15, -0.1) is 0 Å². The number of hydrogen-bond acceptors (Lipinski definition) is 3. The first kappa shape index (κ1) is 9.74. The number of phenols is 1. The Kier molecular flexibility index (Phi) is 4.89. The van der Waals surface area contributed by atoms with E-state index in [1.807, 2.05) is 0 Å². The number of phenolic OH excluding ortho intramolecular Hbond substituents is 1. The summed E-state index contributed by atoms with van der Waals surface area (Å²) in [6, 6.07) is 6.50. The molecule has 3 N–H and O–H groups in total. The van der Waals surface area contributed by atoms with Crippen LogP contribution in [0.15, 0.2) is 24.3 Å². The Hall–Kier alpha value is -1.26. The Morgan fingerprint density at radius 2 is 1.91 bits per heavy atom. The van der Waals surface area contributed by atoms with Crippen molar-refractivity contribution in [2.24, 2.45) is 5.90 Å². The third-order valence-corrected chi connectivity index (χ3v) is 0.992. The predicted molar refractivity (Wildman–Crippen MR) is 39.5 cm³/mol. The second-order valence-corrected chi connectivity index (χ2v) is 1.59. The molecule has 11 heavy (non-hydrogen) atoms. The molecule has 4 heteroatoms. The first-order chi connectivity index (χ1) is 5.34. The molecule has 0 atom stereocenters. The number of rotatable bonds is 1. The molecule has 0 bridgehead atoms. The third kappa shape index (κ3) is 2.88. The van der Waals surface area contributed by atoms with Crippen molar-refractivity contribution >= 4 is 0 Å². The normalized spacial score (nSPS) is 7.91. The highest BCUT2D eigenvalue weighted by atomic mass is 16.6. The second-order valence-electron chi connectivity index (χ2n) is 1.59. The van der Waals surface area contributed by atoms with Gasteiger partial charge in [0.1, 0.15) is 0 Å². The van der Waals surface area contributed by atoms with Crippen molar-refractivity contribution in [3.63, 3.8) is 0 Å². The van der Waals surface area contributed by atoms with Gasteiger partial charge in [-0.3, -0.25) is 0 Å². The summed E-state index contributed by atoms with van der Waals surface area (Å²) < 4.78 is 0. The molecule has 0 spiro atoms. The van der Waals surface area contributed by atoms with Crippen molar-refractivity contribution in [1.29, 1.82) is 0 Å². The zero-order valence-corrected chi connectivity index (χ0v) is 6.15. The van der Waals surface area contributed by atoms with Gasteiger partial charge in [-0.2, -0.15) is 5.90 Å². The molecule has 0 aliphatic heterocycles. The molecule has 0 aliphatic rings. The van der Waals surface area contributed by atoms with E-state index in [1.165, 1.54) is 6.07 Å². The van der Waals surface area contributed by atoms with E-state index in [2.05, 4.69) is 4.84 Å². The largest absolute Gasteiger partial charge is 0.504 e. The van der Waals surface area contributed by atoms with Crippen LogP contribution in [-0.2, 0) is 5.11 Å². The van der Waals surface area contributed by atoms with Gasteiger partial charge in [-0.05, 0) is 12.1 Å². The molecular formula is C7H10NO3. The fourth-order valence-electron chi connectivity index (χ4n) is 0.557. The van der Waals surface area contributed by atoms with Gasteiger partial charge in [-0.1, -0.05) is 12.1 Å². The van der Waals surface area contributed by atoms with Gasteiger partial charge in [0.2, 0.25) is 0 Å². The van der Waals surface area contributed by atoms with Crippen molar-refractivity contribution in [2.75, 3.05) is 7.11 Å². The zero-order valence-electron chi connectivity index (χ0n) is 6.15. The molecule has 61 valence electrons. The lowest BCUT2D eigenvalue weighted by molar-refractivity contribution is 0.282. The van der Waals surface area contributed by atoms with E-state index < -0.39 is 0 Å². The Balaban J connectivity index is 0.000000461. The lowest BCUT2D eigenvalue weighted by Crippen LogP contribution is -2.01. The van der Waals surface area contributed by atoms with E-state index in [0.29, 0.717) is 0 Å². The van der Waals surface area contributed by atoms with Crippen LogP contribution in [-0.4, -0.2) is 12.2 Å². The molecule has 0 aliphatic carbocycles. The number of para-hydroxylation sites is 2. The van der Waals surface area contributed by atoms with E-state index in [4.69, 9.17) is 16.1 Å². The van der Waals surface area contributed by atoms with Gasteiger partial charge in [0, 0.05) is 0 Å². The van der Waals surface area contributed by atoms with Crippen LogP contribution in [0.3, 0.4) is 0 Å². The maximum Gasteiger partial charge on any atom is 0.188 e. The summed E-state index contributed by atoms with van der Waals surface area (Å²) in [5, 5.41) is 17.2. The van der Waals surface area contributed by atoms with Gasteiger partial charge in [0.15, 0.2) is 11.5 Å². The molecule has 1 radical (unpaired) electrons. The highest BCUT2D eigenvalue weighted by molar-refractivity contribution is 5.37. The predicted octanol–water partition coefficient (Wildman–Crippen LogP) is 0.691. The van der Waals surface area contributed by atoms with Gasteiger partial charge < -0.3 is 9.94 Å². The molecule has 4 nitrogen and oxygen atoms in total. The van der Waals surface area contributed by atoms with Gasteiger partial charge in [-0.25, -0.2) is 5.11 Å². The fraction of sp³-hybridized carbons (Fsp3) is 0.143. The summed E-state index contributed by atoms with van der Waals surface area (Å²) in [7, 11) is 0.750. The lowest BCUT2D eigenvalue weighted by atomic mass is 10.3. The fourth-order valence-corrected chi connectivity index (χ4v) is 0.557. The molecule has 1 rings (SSSR count). The average molecular weight is 156 g/mol. The summed E-state index contributed by atoms with van der Waals surface area (Å²) in [6.07, 6.45) is 0. The molecule has 0 aromatic heterocycles. The zero-order chi connectivity index (χ0) is 8.69. The molecule has 1 aromatic rings. The number of aromatic hydroxyl groups is 1. The van der Waals surface area contributed by atoms with Crippen LogP contribution < -0.4 is 10.7 Å². The highest BCUT2D eigenvalue weighted by Gasteiger charge is 1.95. The van der Waals surface area contributed by atoms with Crippen LogP contribution in [0.2, 0.25) is 0 Å². The second kappa shape index (κ2) is 5.52. The van der Waals surface area contributed by atoms with E-state index in [9.17, 15) is 0 Å². The standard InChI is InChI=1S/C6H7NO2.CH3O/c7-9-6-4-2-1-3-5(6)8;1-2/h1-4,8H,7H2;1H3. The van der Waals surface area contributed by atoms with Gasteiger partial charge in [0.05, 0.1) is 7.11 Å². The third-order valence-electron chi connectivity index (χ3n) is 0.992. The SMILES string of the molecule is C[O].NOc1ccccc1O. The van der Waals surface area contributed by atoms with Crippen molar-refractivity contribution < 1.29 is 15.1 Å². The maximum absolute atomic E-state index is 8.91. The van der Waals surface area contributed by atoms with Crippen LogP contribution in [0.1, 0.15) is 0 Å². The van der Waals surface area contributed by atoms with Crippen LogP contribution in [0.4, 0.5) is 0 Å². The maximum atomic E-state index is 8.91. The molecule has 0 amide bonds. The molecule has 0 unspecified atom stereocenters. The van der Waals surface area contributed by atoms with Crippen molar-refractivity contribution in [3.8, 4) is 11.5 Å². The Labute approximate surface area is 64.8 Å². The monoisotopic (exact) mass is 156 g/mol. The average Bonchev–Trinajstić information content (AvgIpc) is 2.09. The number of nitrogens with two attached hydrogens (primary N) is 1. The minimum atomic E-state index is 0.0556. The van der Waals surface area contributed by atoms with E-state index in [-0.39, 0.29) is 11.5 Å². The van der Waals surface area contributed by atoms with Crippen LogP contribution in [0.5, 0.6) is 11.5 Å². The van der Waals surface area contributed by atoms with Crippen molar-refractivity contribution in [2.45, 2.75) is 0 Å². The molecule has 1 aromatic carbocycles. The first-order valence-electron chi connectivity index (χ1n) is 2.90. The van der Waals surface area contributed by atoms with E-state index in [1.54, 1.807) is 18.2 Å². The minimum absolute atomic E-state index is 0.0556. The first-order valence-corrected chi connectivity index (χ1v) is 2.90. The summed E-state index contributed by atoms with van der Waals surface area (Å²) in [6.45, 7) is 0. The van der Waals surface area contributed by atoms with Crippen LogP contribution in [0, 0.1) is 0 Å². The Bertz CT molecular complexity index is 203. The molecule has 0 saturated heterocycles. The van der Waals surface area contributed by atoms with Crippen LogP contribution >= 0.6 is 0 Å². The molecule has 0 heterocycles. The van der Waals surface area contributed by atoms with Crippen molar-refractivity contribution in [1.82, 2.24) is 0 Å². The highest BCUT2D eigenvalue weighted by Crippen LogP contribution is 2.22. The molecule has 0 fully saturated rings. The van der Waals surface area contributed by atoms with Crippen LogP contribution in [0.25, 0.3) is 0 Å². The summed E-state index contributed by atoms with van der Waals surface area (Å²) in [5.41, 5.74) is 0. The quantitative estimate of drug-likeness (QED) is 0.587. The van der Waals surface area contributed by atoms with Gasteiger partial charge >= 0.3 is 0 Å². The Morgan fingerprint density at radius 1 is 1.36 bits per heavy atom.